The molecule has 0 spiro atoms. The number of benzene rings is 1. The van der Waals surface area contributed by atoms with Gasteiger partial charge in [0.2, 0.25) is 5.91 Å². The van der Waals surface area contributed by atoms with Gasteiger partial charge in [-0.3, -0.25) is 9.59 Å². The molecule has 1 aromatic carbocycles. The highest BCUT2D eigenvalue weighted by Gasteiger charge is 2.30. The second-order valence-electron chi connectivity index (χ2n) is 8.09. The number of thioether (sulfide) groups is 1. The van der Waals surface area contributed by atoms with E-state index in [0.29, 0.717) is 21.9 Å². The lowest BCUT2D eigenvalue weighted by molar-refractivity contribution is -0.131. The zero-order valence-electron chi connectivity index (χ0n) is 18.5. The fourth-order valence-electron chi connectivity index (χ4n) is 4.35. The van der Waals surface area contributed by atoms with E-state index in [-0.39, 0.29) is 23.3 Å². The third-order valence-corrected chi connectivity index (χ3v) is 7.92. The molecule has 1 aliphatic rings. The van der Waals surface area contributed by atoms with Gasteiger partial charge in [0, 0.05) is 17.6 Å². The first-order valence-corrected chi connectivity index (χ1v) is 12.9. The van der Waals surface area contributed by atoms with E-state index in [1.54, 1.807) is 23.6 Å². The molecule has 0 fully saturated rings. The van der Waals surface area contributed by atoms with E-state index in [1.807, 2.05) is 42.2 Å². The smallest absolute Gasteiger partial charge is 0.267 e. The molecular weight excluding hydrogens is 452 g/mol. The number of para-hydroxylation sites is 1. The van der Waals surface area contributed by atoms with E-state index >= 15 is 0 Å². The van der Waals surface area contributed by atoms with E-state index < -0.39 is 0 Å². The largest absolute Gasteiger partial charge is 0.335 e. The summed E-state index contributed by atoms with van der Waals surface area (Å²) in [5, 5.41) is 3.12. The van der Waals surface area contributed by atoms with Gasteiger partial charge in [0.1, 0.15) is 5.82 Å². The van der Waals surface area contributed by atoms with Crippen LogP contribution in [0.2, 0.25) is 0 Å². The van der Waals surface area contributed by atoms with Gasteiger partial charge in [0.25, 0.3) is 5.56 Å². The highest BCUT2D eigenvalue weighted by molar-refractivity contribution is 7.99. The molecule has 6 nitrogen and oxygen atoms in total. The number of fused-ring (bicyclic) bond motifs is 2. The molecular formula is C25H24N4O2S2. The second kappa shape index (κ2) is 9.11. The Bertz CT molecular complexity index is 1380. The Morgan fingerprint density at radius 2 is 2.06 bits per heavy atom. The van der Waals surface area contributed by atoms with Crippen LogP contribution in [0.1, 0.15) is 35.4 Å². The van der Waals surface area contributed by atoms with Gasteiger partial charge in [-0.05, 0) is 60.5 Å². The zero-order chi connectivity index (χ0) is 22.9. The van der Waals surface area contributed by atoms with Crippen LogP contribution in [0.5, 0.6) is 0 Å². The molecule has 3 aromatic heterocycles. The van der Waals surface area contributed by atoms with Gasteiger partial charge in [-0.2, -0.15) is 0 Å². The number of aryl methyl sites for hydroxylation is 1. The zero-order valence-corrected chi connectivity index (χ0v) is 20.2. The molecule has 1 aliphatic heterocycles. The highest BCUT2D eigenvalue weighted by Crippen LogP contribution is 2.35. The molecule has 0 saturated heterocycles. The van der Waals surface area contributed by atoms with Crippen molar-refractivity contribution < 1.29 is 4.79 Å². The van der Waals surface area contributed by atoms with E-state index in [1.165, 1.54) is 26.8 Å². The van der Waals surface area contributed by atoms with Crippen molar-refractivity contribution in [2.75, 3.05) is 12.3 Å². The third kappa shape index (κ3) is 4.09. The van der Waals surface area contributed by atoms with Crippen LogP contribution in [0, 0.1) is 6.92 Å². The summed E-state index contributed by atoms with van der Waals surface area (Å²) < 4.78 is 1.52. The summed E-state index contributed by atoms with van der Waals surface area (Å²) in [5.41, 5.74) is 2.72. The molecule has 4 aromatic rings. The fourth-order valence-corrected chi connectivity index (χ4v) is 6.16. The Morgan fingerprint density at radius 1 is 1.21 bits per heavy atom. The predicted octanol–water partition coefficient (Wildman–Crippen LogP) is 4.78. The van der Waals surface area contributed by atoms with Crippen molar-refractivity contribution in [3.05, 3.63) is 80.4 Å². The van der Waals surface area contributed by atoms with Crippen LogP contribution in [-0.4, -0.2) is 37.6 Å². The lowest BCUT2D eigenvalue weighted by Crippen LogP contribution is -2.40. The van der Waals surface area contributed by atoms with Crippen LogP contribution in [0.4, 0.5) is 0 Å². The molecule has 8 heteroatoms. The number of thiophene rings is 1. The van der Waals surface area contributed by atoms with Crippen molar-refractivity contribution >= 4 is 39.9 Å². The Balaban J connectivity index is 1.47. The van der Waals surface area contributed by atoms with Gasteiger partial charge in [-0.1, -0.05) is 36.9 Å². The quantitative estimate of drug-likeness (QED) is 0.306. The van der Waals surface area contributed by atoms with Gasteiger partial charge >= 0.3 is 0 Å². The molecule has 5 rings (SSSR count). The summed E-state index contributed by atoms with van der Waals surface area (Å²) in [7, 11) is 0. The van der Waals surface area contributed by atoms with Crippen LogP contribution in [0.15, 0.2) is 64.0 Å². The van der Waals surface area contributed by atoms with Gasteiger partial charge in [0.15, 0.2) is 5.16 Å². The number of pyridine rings is 1. The first kappa shape index (κ1) is 21.9. The summed E-state index contributed by atoms with van der Waals surface area (Å²) in [5.74, 6) is 0.785. The first-order valence-electron chi connectivity index (χ1n) is 11.0. The maximum absolute atomic E-state index is 13.4. The van der Waals surface area contributed by atoms with Crippen molar-refractivity contribution in [3.8, 4) is 5.82 Å². The molecule has 1 atom stereocenters. The summed E-state index contributed by atoms with van der Waals surface area (Å²) in [6.45, 7) is 4.80. The average molecular weight is 477 g/mol. The molecule has 168 valence electrons. The van der Waals surface area contributed by atoms with Crippen LogP contribution >= 0.6 is 23.1 Å². The number of amides is 1. The molecule has 0 saturated carbocycles. The number of aromatic nitrogens is 3. The number of rotatable bonds is 5. The minimum Gasteiger partial charge on any atom is -0.335 e. The summed E-state index contributed by atoms with van der Waals surface area (Å²) in [6.07, 6.45) is 3.51. The highest BCUT2D eigenvalue weighted by atomic mass is 32.2. The molecule has 4 heterocycles. The number of carbonyl (C=O) groups excluding carboxylic acids is 1. The van der Waals surface area contributed by atoms with Crippen molar-refractivity contribution in [2.45, 2.75) is 37.9 Å². The van der Waals surface area contributed by atoms with Crippen LogP contribution in [0.3, 0.4) is 0 Å². The molecule has 0 bridgehead atoms. The molecule has 0 radical (unpaired) electrons. The monoisotopic (exact) mass is 476 g/mol. The Morgan fingerprint density at radius 3 is 2.85 bits per heavy atom. The molecule has 1 unspecified atom stereocenters. The van der Waals surface area contributed by atoms with E-state index in [4.69, 9.17) is 4.98 Å². The summed E-state index contributed by atoms with van der Waals surface area (Å²) >= 11 is 3.07. The Labute approximate surface area is 200 Å². The van der Waals surface area contributed by atoms with Crippen LogP contribution in [0.25, 0.3) is 16.7 Å². The normalized spacial score (nSPS) is 15.6. The SMILES string of the molecule is CCC1c2ccsc2CCN1C(=O)CSc1nc2ccccc2c(=O)n1-c1ccc(C)cn1. The van der Waals surface area contributed by atoms with Gasteiger partial charge in [-0.25, -0.2) is 14.5 Å². The van der Waals surface area contributed by atoms with Crippen molar-refractivity contribution in [1.29, 1.82) is 0 Å². The van der Waals surface area contributed by atoms with Crippen LogP contribution < -0.4 is 5.56 Å². The molecule has 33 heavy (non-hydrogen) atoms. The van der Waals surface area contributed by atoms with Crippen LogP contribution in [-0.2, 0) is 11.2 Å². The summed E-state index contributed by atoms with van der Waals surface area (Å²) in [6, 6.07) is 13.3. The van der Waals surface area contributed by atoms with Crippen molar-refractivity contribution in [2.24, 2.45) is 0 Å². The summed E-state index contributed by atoms with van der Waals surface area (Å²) in [4.78, 5) is 39.2. The lowest BCUT2D eigenvalue weighted by atomic mass is 9.98. The predicted molar refractivity (Wildman–Crippen MR) is 133 cm³/mol. The minimum atomic E-state index is -0.181. The number of nitrogens with zero attached hydrogens (tertiary/aromatic N) is 4. The maximum Gasteiger partial charge on any atom is 0.267 e. The van der Waals surface area contributed by atoms with Gasteiger partial charge in [0.05, 0.1) is 22.7 Å². The lowest BCUT2D eigenvalue weighted by Gasteiger charge is -2.35. The maximum atomic E-state index is 13.4. The molecule has 0 aliphatic carbocycles. The van der Waals surface area contributed by atoms with E-state index in [2.05, 4.69) is 23.4 Å². The topological polar surface area (TPSA) is 68.1 Å². The third-order valence-electron chi connectivity index (χ3n) is 6.00. The van der Waals surface area contributed by atoms with Crippen molar-refractivity contribution in [3.63, 3.8) is 0 Å². The average Bonchev–Trinajstić information content (AvgIpc) is 3.32. The minimum absolute atomic E-state index is 0.0644. The van der Waals surface area contributed by atoms with Gasteiger partial charge < -0.3 is 4.90 Å². The Hall–Kier alpha value is -2.97. The number of hydrogen-bond donors (Lipinski definition) is 0. The number of carbonyl (C=O) groups is 1. The molecule has 1 amide bonds. The molecule has 0 N–H and O–H groups in total. The first-order chi connectivity index (χ1) is 16.1. The van der Waals surface area contributed by atoms with Crippen molar-refractivity contribution in [1.82, 2.24) is 19.4 Å². The standard InChI is InChI=1S/C25H24N4O2S2/c1-3-20-18-11-13-32-21(18)10-12-28(20)23(30)15-33-25-27-19-7-5-4-6-17(19)24(31)29(25)22-9-8-16(2)14-26-22/h4-9,11,13-14,20H,3,10,12,15H2,1-2H3. The van der Waals surface area contributed by atoms with Gasteiger partial charge in [-0.15, -0.1) is 11.3 Å². The fraction of sp³-hybridized carbons (Fsp3) is 0.280. The van der Waals surface area contributed by atoms with E-state index in [9.17, 15) is 9.59 Å². The Kier molecular flexibility index (Phi) is 6.03. The number of hydrogen-bond acceptors (Lipinski definition) is 6. The second-order valence-corrected chi connectivity index (χ2v) is 10.0. The van der Waals surface area contributed by atoms with E-state index in [0.717, 1.165) is 24.9 Å².